The van der Waals surface area contributed by atoms with Crippen molar-refractivity contribution in [3.63, 3.8) is 0 Å². The van der Waals surface area contributed by atoms with Crippen molar-refractivity contribution in [2.45, 2.75) is 51.5 Å². The van der Waals surface area contributed by atoms with Crippen LogP contribution < -0.4 is 5.32 Å². The number of carbonyl (C=O) groups excluding carboxylic acids is 1. The average Bonchev–Trinajstić information content (AvgIpc) is 3.68. The van der Waals surface area contributed by atoms with Crippen LogP contribution in [-0.2, 0) is 6.54 Å². The van der Waals surface area contributed by atoms with E-state index in [1.807, 2.05) is 43.3 Å². The van der Waals surface area contributed by atoms with Gasteiger partial charge in [0.15, 0.2) is 11.5 Å². The Morgan fingerprint density at radius 3 is 2.69 bits per heavy atom. The van der Waals surface area contributed by atoms with Crippen LogP contribution in [0.15, 0.2) is 54.7 Å². The summed E-state index contributed by atoms with van der Waals surface area (Å²) in [5.74, 6) is 0.979. The number of fused-ring (bicyclic) bond motifs is 1. The van der Waals surface area contributed by atoms with Crippen molar-refractivity contribution in [3.8, 4) is 5.82 Å². The fourth-order valence-corrected chi connectivity index (χ4v) is 5.04. The topological polar surface area (TPSA) is 75.9 Å². The van der Waals surface area contributed by atoms with Crippen molar-refractivity contribution in [2.24, 2.45) is 0 Å². The highest BCUT2D eigenvalue weighted by atomic mass is 16.1. The molecule has 4 aromatic rings. The molecule has 1 N–H and O–H groups in total. The van der Waals surface area contributed by atoms with E-state index in [-0.39, 0.29) is 5.91 Å². The van der Waals surface area contributed by atoms with Crippen LogP contribution in [0.1, 0.15) is 65.3 Å². The van der Waals surface area contributed by atoms with E-state index in [9.17, 15) is 4.79 Å². The van der Waals surface area contributed by atoms with Crippen molar-refractivity contribution in [1.29, 1.82) is 0 Å². The van der Waals surface area contributed by atoms with Gasteiger partial charge in [-0.1, -0.05) is 24.6 Å². The van der Waals surface area contributed by atoms with Crippen LogP contribution in [0.2, 0.25) is 0 Å². The monoisotopic (exact) mass is 466 g/mol. The molecule has 7 nitrogen and oxygen atoms in total. The second-order valence-corrected chi connectivity index (χ2v) is 9.74. The average molecular weight is 467 g/mol. The number of aromatic nitrogens is 4. The summed E-state index contributed by atoms with van der Waals surface area (Å²) < 4.78 is 1.76. The smallest absolute Gasteiger partial charge is 0.256 e. The molecule has 1 aliphatic heterocycles. The number of aryl methyl sites for hydroxylation is 1. The van der Waals surface area contributed by atoms with Crippen molar-refractivity contribution in [1.82, 2.24) is 24.6 Å². The third-order valence-electron chi connectivity index (χ3n) is 6.98. The zero-order chi connectivity index (χ0) is 23.8. The van der Waals surface area contributed by atoms with Crippen LogP contribution >= 0.6 is 0 Å². The van der Waals surface area contributed by atoms with Crippen molar-refractivity contribution < 1.29 is 4.79 Å². The van der Waals surface area contributed by atoms with E-state index < -0.39 is 0 Å². The number of likely N-dealkylation sites (tertiary alicyclic amines) is 1. The molecule has 7 heteroatoms. The number of anilines is 1. The Bertz CT molecular complexity index is 1370. The number of hydrogen-bond donors (Lipinski definition) is 1. The predicted molar refractivity (Wildman–Crippen MR) is 137 cm³/mol. The molecule has 1 saturated carbocycles. The number of nitrogens with one attached hydrogen (secondary N) is 1. The highest BCUT2D eigenvalue weighted by Gasteiger charge is 2.29. The SMILES string of the molecule is Cc1nn(-c2ccccn2)c2nc(C3CC3)cc(C(=O)Nc3cccc(CN4CCCCC4)c3)c12. The van der Waals surface area contributed by atoms with Crippen LogP contribution in [0.4, 0.5) is 5.69 Å². The van der Waals surface area contributed by atoms with Gasteiger partial charge < -0.3 is 5.32 Å². The summed E-state index contributed by atoms with van der Waals surface area (Å²) in [4.78, 5) is 25.5. The lowest BCUT2D eigenvalue weighted by Gasteiger charge is -2.26. The molecule has 0 spiro atoms. The van der Waals surface area contributed by atoms with Crippen LogP contribution in [0.3, 0.4) is 0 Å². The van der Waals surface area contributed by atoms with Gasteiger partial charge in [-0.15, -0.1) is 0 Å². The summed E-state index contributed by atoms with van der Waals surface area (Å²) in [5, 5.41) is 8.65. The Labute approximate surface area is 205 Å². The van der Waals surface area contributed by atoms with Crippen LogP contribution in [-0.4, -0.2) is 43.6 Å². The maximum Gasteiger partial charge on any atom is 0.256 e. The second-order valence-electron chi connectivity index (χ2n) is 9.74. The molecule has 35 heavy (non-hydrogen) atoms. The number of rotatable bonds is 6. The van der Waals surface area contributed by atoms with E-state index in [1.54, 1.807) is 10.9 Å². The number of amides is 1. The molecule has 0 atom stereocenters. The van der Waals surface area contributed by atoms with Gasteiger partial charge in [0.2, 0.25) is 0 Å². The van der Waals surface area contributed by atoms with Crippen molar-refractivity contribution in [2.75, 3.05) is 18.4 Å². The highest BCUT2D eigenvalue weighted by molar-refractivity contribution is 6.12. The lowest BCUT2D eigenvalue weighted by molar-refractivity contribution is 0.102. The van der Waals surface area contributed by atoms with Gasteiger partial charge in [0.05, 0.1) is 16.6 Å². The van der Waals surface area contributed by atoms with Crippen molar-refractivity contribution >= 4 is 22.6 Å². The Morgan fingerprint density at radius 2 is 1.91 bits per heavy atom. The molecule has 4 heterocycles. The summed E-state index contributed by atoms with van der Waals surface area (Å²) in [5.41, 5.74) is 5.08. The Balaban J connectivity index is 1.34. The quantitative estimate of drug-likeness (QED) is 0.421. The minimum absolute atomic E-state index is 0.127. The molecular formula is C28H30N6O. The largest absolute Gasteiger partial charge is 0.322 e. The van der Waals surface area contributed by atoms with Gasteiger partial charge in [-0.2, -0.15) is 9.78 Å². The molecule has 1 aromatic carbocycles. The fraction of sp³-hybridized carbons (Fsp3) is 0.357. The maximum atomic E-state index is 13.6. The third-order valence-corrected chi connectivity index (χ3v) is 6.98. The second kappa shape index (κ2) is 9.23. The molecule has 3 aromatic heterocycles. The molecule has 1 aliphatic carbocycles. The van der Waals surface area contributed by atoms with Crippen LogP contribution in [0.25, 0.3) is 16.9 Å². The number of hydrogen-bond acceptors (Lipinski definition) is 5. The Morgan fingerprint density at radius 1 is 1.06 bits per heavy atom. The van der Waals surface area contributed by atoms with Gasteiger partial charge in [-0.25, -0.2) is 9.97 Å². The molecular weight excluding hydrogens is 436 g/mol. The molecule has 1 amide bonds. The van der Waals surface area contributed by atoms with Gasteiger partial charge >= 0.3 is 0 Å². The number of nitrogens with zero attached hydrogens (tertiary/aromatic N) is 5. The molecule has 0 bridgehead atoms. The van der Waals surface area contributed by atoms with Gasteiger partial charge in [0.25, 0.3) is 5.91 Å². The maximum absolute atomic E-state index is 13.6. The first-order chi connectivity index (χ1) is 17.2. The minimum atomic E-state index is -0.127. The summed E-state index contributed by atoms with van der Waals surface area (Å²) >= 11 is 0. The summed E-state index contributed by atoms with van der Waals surface area (Å²) in [6.07, 6.45) is 7.82. The fourth-order valence-electron chi connectivity index (χ4n) is 5.04. The lowest BCUT2D eigenvalue weighted by atomic mass is 10.1. The first-order valence-electron chi connectivity index (χ1n) is 12.6. The Kier molecular flexibility index (Phi) is 5.78. The first-order valence-corrected chi connectivity index (χ1v) is 12.6. The standard InChI is InChI=1S/C28H30N6O/c1-19-26-23(28(35)30-22-9-7-8-20(16-22)18-33-14-5-2-6-15-33)17-24(21-11-12-21)31-27(26)34(32-19)25-10-3-4-13-29-25/h3-4,7-10,13,16-17,21H,2,5-6,11-12,14-15,18H2,1H3,(H,30,35). The lowest BCUT2D eigenvalue weighted by Crippen LogP contribution is -2.29. The van der Waals surface area contributed by atoms with E-state index in [4.69, 9.17) is 10.1 Å². The number of pyridine rings is 2. The number of piperidine rings is 1. The summed E-state index contributed by atoms with van der Waals surface area (Å²) in [7, 11) is 0. The van der Waals surface area contributed by atoms with Crippen molar-refractivity contribution in [3.05, 3.63) is 77.2 Å². The van der Waals surface area contributed by atoms with E-state index in [1.165, 1.54) is 24.8 Å². The van der Waals surface area contributed by atoms with Gasteiger partial charge in [0.1, 0.15) is 0 Å². The molecule has 2 aliphatic rings. The van der Waals surface area contributed by atoms with E-state index >= 15 is 0 Å². The molecule has 1 saturated heterocycles. The van der Waals surface area contributed by atoms with E-state index in [2.05, 4.69) is 27.3 Å². The predicted octanol–water partition coefficient (Wildman–Crippen LogP) is 5.24. The number of carbonyl (C=O) groups is 1. The zero-order valence-electron chi connectivity index (χ0n) is 20.1. The van der Waals surface area contributed by atoms with E-state index in [0.29, 0.717) is 22.9 Å². The molecule has 178 valence electrons. The van der Waals surface area contributed by atoms with Gasteiger partial charge in [0, 0.05) is 30.0 Å². The summed E-state index contributed by atoms with van der Waals surface area (Å²) in [6, 6.07) is 15.9. The third kappa shape index (κ3) is 4.56. The molecule has 0 radical (unpaired) electrons. The highest BCUT2D eigenvalue weighted by Crippen LogP contribution is 2.40. The molecule has 0 unspecified atom stereocenters. The molecule has 6 rings (SSSR count). The van der Waals surface area contributed by atoms with E-state index in [0.717, 1.165) is 54.9 Å². The first kappa shape index (κ1) is 21.9. The molecule has 2 fully saturated rings. The normalized spacial score (nSPS) is 16.5. The number of benzene rings is 1. The summed E-state index contributed by atoms with van der Waals surface area (Å²) in [6.45, 7) is 5.14. The van der Waals surface area contributed by atoms with Gasteiger partial charge in [-0.05, 0) is 81.6 Å². The van der Waals surface area contributed by atoms with Crippen LogP contribution in [0, 0.1) is 6.92 Å². The van der Waals surface area contributed by atoms with Crippen LogP contribution in [0.5, 0.6) is 0 Å². The Hall–Kier alpha value is -3.58. The minimum Gasteiger partial charge on any atom is -0.322 e. The zero-order valence-corrected chi connectivity index (χ0v) is 20.1. The van der Waals surface area contributed by atoms with Gasteiger partial charge in [-0.3, -0.25) is 9.69 Å².